The fourth-order valence-electron chi connectivity index (χ4n) is 1.68. The fourth-order valence-corrected chi connectivity index (χ4v) is 1.91. The van der Waals surface area contributed by atoms with Crippen LogP contribution in [-0.4, -0.2) is 23.1 Å². The van der Waals surface area contributed by atoms with Gasteiger partial charge in [0.1, 0.15) is 6.04 Å². The van der Waals surface area contributed by atoms with E-state index in [1.54, 1.807) is 6.92 Å². The molecule has 5 nitrogen and oxygen atoms in total. The Labute approximate surface area is 120 Å². The van der Waals surface area contributed by atoms with E-state index in [0.717, 1.165) is 15.6 Å². The van der Waals surface area contributed by atoms with Gasteiger partial charge in [0, 0.05) is 10.2 Å². The zero-order valence-corrected chi connectivity index (χ0v) is 12.7. The molecule has 1 aromatic rings. The highest BCUT2D eigenvalue weighted by Gasteiger charge is 2.17. The van der Waals surface area contributed by atoms with Crippen molar-refractivity contribution in [3.8, 4) is 0 Å². The Balaban J connectivity index is 2.75. The van der Waals surface area contributed by atoms with Gasteiger partial charge in [-0.15, -0.1) is 0 Å². The lowest BCUT2D eigenvalue weighted by atomic mass is 10.1. The summed E-state index contributed by atoms with van der Waals surface area (Å²) in [5.41, 5.74) is 2.64. The molecule has 2 amide bonds. The Morgan fingerprint density at radius 2 is 1.84 bits per heavy atom. The Bertz CT molecular complexity index is 480. The number of aryl methyl sites for hydroxylation is 2. The van der Waals surface area contributed by atoms with E-state index in [9.17, 15) is 9.59 Å². The molecule has 0 saturated heterocycles. The van der Waals surface area contributed by atoms with E-state index in [-0.39, 0.29) is 0 Å². The number of rotatable bonds is 4. The largest absolute Gasteiger partial charge is 0.480 e. The SMILES string of the molecule is CC[C@H](NC(=O)Nc1cc(C)c(Br)c(C)c1)C(=O)O. The van der Waals surface area contributed by atoms with Crippen molar-refractivity contribution < 1.29 is 14.7 Å². The Kier molecular flexibility index (Phi) is 5.35. The molecule has 0 bridgehead atoms. The number of anilines is 1. The van der Waals surface area contributed by atoms with E-state index in [0.29, 0.717) is 12.1 Å². The number of carbonyl (C=O) groups excluding carboxylic acids is 1. The molecule has 1 atom stereocenters. The van der Waals surface area contributed by atoms with Crippen LogP contribution in [0.25, 0.3) is 0 Å². The summed E-state index contributed by atoms with van der Waals surface area (Å²) >= 11 is 3.44. The fraction of sp³-hybridized carbons (Fsp3) is 0.385. The number of urea groups is 1. The second-order valence-corrected chi connectivity index (χ2v) is 5.11. The molecule has 19 heavy (non-hydrogen) atoms. The standard InChI is InChI=1S/C13H17BrN2O3/c1-4-10(12(17)18)16-13(19)15-9-5-7(2)11(14)8(3)6-9/h5-6,10H,4H2,1-3H3,(H,17,18)(H2,15,16,19)/t10-/m0/s1. The summed E-state index contributed by atoms with van der Waals surface area (Å²) in [7, 11) is 0. The lowest BCUT2D eigenvalue weighted by Gasteiger charge is -2.14. The molecule has 0 radical (unpaired) electrons. The average Bonchev–Trinajstić information content (AvgIpc) is 2.32. The number of carbonyl (C=O) groups is 2. The summed E-state index contributed by atoms with van der Waals surface area (Å²) in [6, 6.07) is 2.24. The van der Waals surface area contributed by atoms with Crippen molar-refractivity contribution in [3.63, 3.8) is 0 Å². The van der Waals surface area contributed by atoms with Gasteiger partial charge in [0.25, 0.3) is 0 Å². The van der Waals surface area contributed by atoms with Gasteiger partial charge in [-0.2, -0.15) is 0 Å². The number of hydrogen-bond donors (Lipinski definition) is 3. The average molecular weight is 329 g/mol. The molecule has 104 valence electrons. The van der Waals surface area contributed by atoms with Gasteiger partial charge >= 0.3 is 12.0 Å². The highest BCUT2D eigenvalue weighted by molar-refractivity contribution is 9.10. The van der Waals surface area contributed by atoms with Crippen LogP contribution in [0.1, 0.15) is 24.5 Å². The number of benzene rings is 1. The Morgan fingerprint density at radius 3 is 2.26 bits per heavy atom. The number of hydrogen-bond acceptors (Lipinski definition) is 2. The van der Waals surface area contributed by atoms with Crippen LogP contribution in [0.5, 0.6) is 0 Å². The van der Waals surface area contributed by atoms with Gasteiger partial charge in [0.15, 0.2) is 0 Å². The smallest absolute Gasteiger partial charge is 0.326 e. The lowest BCUT2D eigenvalue weighted by Crippen LogP contribution is -2.42. The molecular formula is C13H17BrN2O3. The first-order valence-corrected chi connectivity index (χ1v) is 6.71. The van der Waals surface area contributed by atoms with Crippen molar-refractivity contribution in [1.29, 1.82) is 0 Å². The Morgan fingerprint density at radius 1 is 1.32 bits per heavy atom. The molecule has 0 unspecified atom stereocenters. The molecule has 0 spiro atoms. The van der Waals surface area contributed by atoms with Crippen LogP contribution in [0, 0.1) is 13.8 Å². The molecule has 1 rings (SSSR count). The number of halogens is 1. The van der Waals surface area contributed by atoms with Crippen molar-refractivity contribution in [2.75, 3.05) is 5.32 Å². The molecule has 0 aliphatic carbocycles. The van der Waals surface area contributed by atoms with Crippen molar-refractivity contribution in [1.82, 2.24) is 5.32 Å². The number of carboxylic acid groups (broad SMARTS) is 1. The van der Waals surface area contributed by atoms with E-state index in [2.05, 4.69) is 26.6 Å². The maximum absolute atomic E-state index is 11.7. The summed E-state index contributed by atoms with van der Waals surface area (Å²) < 4.78 is 0.996. The number of nitrogens with one attached hydrogen (secondary N) is 2. The maximum atomic E-state index is 11.7. The summed E-state index contributed by atoms with van der Waals surface area (Å²) in [6.45, 7) is 5.55. The molecule has 0 aliphatic rings. The third-order valence-electron chi connectivity index (χ3n) is 2.71. The summed E-state index contributed by atoms with van der Waals surface area (Å²) in [5, 5.41) is 13.9. The zero-order chi connectivity index (χ0) is 14.6. The third-order valence-corrected chi connectivity index (χ3v) is 3.96. The highest BCUT2D eigenvalue weighted by atomic mass is 79.9. The van der Waals surface area contributed by atoms with E-state index in [4.69, 9.17) is 5.11 Å². The predicted octanol–water partition coefficient (Wildman–Crippen LogP) is 3.05. The molecule has 0 saturated carbocycles. The Hall–Kier alpha value is -1.56. The molecule has 1 aromatic carbocycles. The molecule has 6 heteroatoms. The monoisotopic (exact) mass is 328 g/mol. The highest BCUT2D eigenvalue weighted by Crippen LogP contribution is 2.24. The first kappa shape index (κ1) is 15.5. The van der Waals surface area contributed by atoms with Crippen LogP contribution in [0.4, 0.5) is 10.5 Å². The van der Waals surface area contributed by atoms with E-state index >= 15 is 0 Å². The minimum atomic E-state index is -1.04. The molecular weight excluding hydrogens is 312 g/mol. The van der Waals surface area contributed by atoms with Crippen LogP contribution < -0.4 is 10.6 Å². The van der Waals surface area contributed by atoms with Gasteiger partial charge in [-0.05, 0) is 43.5 Å². The maximum Gasteiger partial charge on any atom is 0.326 e. The van der Waals surface area contributed by atoms with Crippen LogP contribution in [0.2, 0.25) is 0 Å². The van der Waals surface area contributed by atoms with Crippen LogP contribution >= 0.6 is 15.9 Å². The third kappa shape index (κ3) is 4.24. The van der Waals surface area contributed by atoms with Gasteiger partial charge in [0.05, 0.1) is 0 Å². The van der Waals surface area contributed by atoms with Gasteiger partial charge in [-0.25, -0.2) is 9.59 Å². The van der Waals surface area contributed by atoms with Gasteiger partial charge in [-0.1, -0.05) is 22.9 Å². The normalized spacial score (nSPS) is 11.8. The van der Waals surface area contributed by atoms with E-state index in [1.165, 1.54) is 0 Å². The molecule has 0 aromatic heterocycles. The topological polar surface area (TPSA) is 78.4 Å². The van der Waals surface area contributed by atoms with Crippen LogP contribution in [0.3, 0.4) is 0 Å². The first-order valence-electron chi connectivity index (χ1n) is 5.92. The molecule has 0 aliphatic heterocycles. The number of amides is 2. The van der Waals surface area contributed by atoms with Gasteiger partial charge < -0.3 is 15.7 Å². The van der Waals surface area contributed by atoms with Crippen molar-refractivity contribution >= 4 is 33.6 Å². The van der Waals surface area contributed by atoms with Crippen molar-refractivity contribution in [2.45, 2.75) is 33.2 Å². The van der Waals surface area contributed by atoms with E-state index in [1.807, 2.05) is 26.0 Å². The lowest BCUT2D eigenvalue weighted by molar-refractivity contribution is -0.139. The molecule has 0 fully saturated rings. The van der Waals surface area contributed by atoms with Crippen LogP contribution in [0.15, 0.2) is 16.6 Å². The van der Waals surface area contributed by atoms with Crippen LogP contribution in [-0.2, 0) is 4.79 Å². The van der Waals surface area contributed by atoms with Crippen molar-refractivity contribution in [2.24, 2.45) is 0 Å². The first-order chi connectivity index (χ1) is 8.85. The zero-order valence-electron chi connectivity index (χ0n) is 11.1. The van der Waals surface area contributed by atoms with Gasteiger partial charge in [-0.3, -0.25) is 0 Å². The second kappa shape index (κ2) is 6.56. The predicted molar refractivity (Wildman–Crippen MR) is 77.5 cm³/mol. The quantitative estimate of drug-likeness (QED) is 0.794. The number of aliphatic carboxylic acids is 1. The van der Waals surface area contributed by atoms with Crippen molar-refractivity contribution in [3.05, 3.63) is 27.7 Å². The summed E-state index contributed by atoms with van der Waals surface area (Å²) in [6.07, 6.45) is 0.334. The summed E-state index contributed by atoms with van der Waals surface area (Å²) in [5.74, 6) is -1.04. The molecule has 0 heterocycles. The summed E-state index contributed by atoms with van der Waals surface area (Å²) in [4.78, 5) is 22.5. The second-order valence-electron chi connectivity index (χ2n) is 4.32. The van der Waals surface area contributed by atoms with E-state index < -0.39 is 18.0 Å². The van der Waals surface area contributed by atoms with Gasteiger partial charge in [0.2, 0.25) is 0 Å². The molecule has 3 N–H and O–H groups in total. The minimum Gasteiger partial charge on any atom is -0.480 e. The minimum absolute atomic E-state index is 0.334. The number of carboxylic acids is 1.